The molecule has 3 aromatic rings. The molecule has 25 heavy (non-hydrogen) atoms. The van der Waals surface area contributed by atoms with Gasteiger partial charge in [-0.3, -0.25) is 0 Å². The van der Waals surface area contributed by atoms with E-state index in [2.05, 4.69) is 78.2 Å². The van der Waals surface area contributed by atoms with Crippen LogP contribution >= 0.6 is 31.9 Å². The standard InChI is InChI=1S/C18H15Br2N3O2/c1-11-2-4-12(5-3-11)6-7-25-18-21-10-16(22-23-18)13-8-14(19)17(24)15(20)9-13/h2-5,8-10,24H,6-7H2,1H3. The van der Waals surface area contributed by atoms with E-state index in [1.165, 1.54) is 11.1 Å². The van der Waals surface area contributed by atoms with Crippen LogP contribution in [-0.2, 0) is 6.42 Å². The fraction of sp³-hybridized carbons (Fsp3) is 0.167. The normalized spacial score (nSPS) is 10.7. The van der Waals surface area contributed by atoms with Gasteiger partial charge in [0.15, 0.2) is 0 Å². The molecule has 0 aliphatic heterocycles. The van der Waals surface area contributed by atoms with Crippen LogP contribution in [0.25, 0.3) is 11.3 Å². The lowest BCUT2D eigenvalue weighted by Crippen LogP contribution is -2.05. The molecular weight excluding hydrogens is 450 g/mol. The molecule has 0 aliphatic rings. The first-order valence-corrected chi connectivity index (χ1v) is 9.18. The third kappa shape index (κ3) is 4.55. The Morgan fingerprint density at radius 3 is 2.32 bits per heavy atom. The Bertz CT molecular complexity index is 845. The lowest BCUT2D eigenvalue weighted by Gasteiger charge is -2.07. The number of aryl methyl sites for hydroxylation is 1. The molecular formula is C18H15Br2N3O2. The first-order chi connectivity index (χ1) is 12.0. The highest BCUT2D eigenvalue weighted by atomic mass is 79.9. The number of aromatic nitrogens is 3. The number of hydrogen-bond acceptors (Lipinski definition) is 5. The van der Waals surface area contributed by atoms with E-state index in [0.29, 0.717) is 21.2 Å². The second-order valence-corrected chi connectivity index (χ2v) is 7.21. The third-order valence-corrected chi connectivity index (χ3v) is 4.80. The molecule has 0 saturated heterocycles. The van der Waals surface area contributed by atoms with E-state index in [-0.39, 0.29) is 11.8 Å². The maximum atomic E-state index is 9.76. The number of phenolic OH excluding ortho intramolecular Hbond substituents is 1. The first-order valence-electron chi connectivity index (χ1n) is 7.59. The molecule has 5 nitrogen and oxygen atoms in total. The summed E-state index contributed by atoms with van der Waals surface area (Å²) in [4.78, 5) is 4.19. The van der Waals surface area contributed by atoms with Crippen molar-refractivity contribution in [3.05, 3.63) is 62.7 Å². The lowest BCUT2D eigenvalue weighted by atomic mass is 10.1. The summed E-state index contributed by atoms with van der Waals surface area (Å²) in [6.45, 7) is 2.55. The molecule has 0 fully saturated rings. The minimum atomic E-state index is 0.140. The van der Waals surface area contributed by atoms with Gasteiger partial charge in [-0.25, -0.2) is 4.98 Å². The molecule has 0 spiro atoms. The van der Waals surface area contributed by atoms with Gasteiger partial charge in [0.1, 0.15) is 11.4 Å². The fourth-order valence-corrected chi connectivity index (χ4v) is 3.38. The summed E-state index contributed by atoms with van der Waals surface area (Å²) in [6, 6.07) is 12.1. The molecule has 2 aromatic carbocycles. The van der Waals surface area contributed by atoms with E-state index in [9.17, 15) is 5.11 Å². The van der Waals surface area contributed by atoms with Crippen molar-refractivity contribution < 1.29 is 9.84 Å². The van der Waals surface area contributed by atoms with Crippen LogP contribution in [0.15, 0.2) is 51.5 Å². The molecule has 0 aliphatic carbocycles. The smallest absolute Gasteiger partial charge is 0.335 e. The van der Waals surface area contributed by atoms with Crippen molar-refractivity contribution in [1.82, 2.24) is 15.2 Å². The van der Waals surface area contributed by atoms with Crippen LogP contribution < -0.4 is 4.74 Å². The highest BCUT2D eigenvalue weighted by molar-refractivity contribution is 9.11. The Balaban J connectivity index is 1.63. The summed E-state index contributed by atoms with van der Waals surface area (Å²) in [5.41, 5.74) is 3.81. The Hall–Kier alpha value is -1.99. The molecule has 1 N–H and O–H groups in total. The Morgan fingerprint density at radius 2 is 1.72 bits per heavy atom. The lowest BCUT2D eigenvalue weighted by molar-refractivity contribution is 0.292. The summed E-state index contributed by atoms with van der Waals surface area (Å²) in [6.07, 6.45) is 2.38. The number of ether oxygens (including phenoxy) is 1. The third-order valence-electron chi connectivity index (χ3n) is 3.60. The second kappa shape index (κ2) is 7.93. The van der Waals surface area contributed by atoms with Crippen molar-refractivity contribution in [2.45, 2.75) is 13.3 Å². The van der Waals surface area contributed by atoms with Crippen LogP contribution in [0.5, 0.6) is 11.8 Å². The summed E-state index contributed by atoms with van der Waals surface area (Å²) in [5.74, 6) is 0.140. The maximum Gasteiger partial charge on any atom is 0.335 e. The van der Waals surface area contributed by atoms with E-state index in [4.69, 9.17) is 4.74 Å². The Kier molecular flexibility index (Phi) is 5.65. The van der Waals surface area contributed by atoms with E-state index >= 15 is 0 Å². The number of phenols is 1. The molecule has 128 valence electrons. The fourth-order valence-electron chi connectivity index (χ4n) is 2.19. The SMILES string of the molecule is Cc1ccc(CCOc2ncc(-c3cc(Br)c(O)c(Br)c3)nn2)cc1. The van der Waals surface area contributed by atoms with Crippen molar-refractivity contribution in [3.8, 4) is 23.0 Å². The molecule has 0 radical (unpaired) electrons. The summed E-state index contributed by atoms with van der Waals surface area (Å²) < 4.78 is 6.69. The topological polar surface area (TPSA) is 68.1 Å². The van der Waals surface area contributed by atoms with Gasteiger partial charge < -0.3 is 9.84 Å². The number of rotatable bonds is 5. The minimum absolute atomic E-state index is 0.140. The zero-order valence-corrected chi connectivity index (χ0v) is 16.6. The van der Waals surface area contributed by atoms with Crippen molar-refractivity contribution in [2.24, 2.45) is 0 Å². The molecule has 0 unspecified atom stereocenters. The van der Waals surface area contributed by atoms with Crippen LogP contribution in [0.3, 0.4) is 0 Å². The predicted octanol–water partition coefficient (Wildman–Crippen LogP) is 4.70. The molecule has 1 aromatic heterocycles. The molecule has 0 saturated carbocycles. The van der Waals surface area contributed by atoms with E-state index in [1.54, 1.807) is 18.3 Å². The average Bonchev–Trinajstić information content (AvgIpc) is 2.61. The highest BCUT2D eigenvalue weighted by Gasteiger charge is 2.10. The van der Waals surface area contributed by atoms with Crippen molar-refractivity contribution >= 4 is 31.9 Å². The molecule has 3 rings (SSSR count). The minimum Gasteiger partial charge on any atom is -0.506 e. The van der Waals surface area contributed by atoms with Crippen LogP contribution in [0, 0.1) is 6.92 Å². The van der Waals surface area contributed by atoms with Crippen molar-refractivity contribution in [2.75, 3.05) is 6.61 Å². The quantitative estimate of drug-likeness (QED) is 0.592. The number of halogens is 2. The molecule has 7 heteroatoms. The zero-order valence-electron chi connectivity index (χ0n) is 13.4. The van der Waals surface area contributed by atoms with Gasteiger partial charge >= 0.3 is 6.01 Å². The number of aromatic hydroxyl groups is 1. The largest absolute Gasteiger partial charge is 0.506 e. The molecule has 0 amide bonds. The molecule has 0 atom stereocenters. The van der Waals surface area contributed by atoms with Gasteiger partial charge in [-0.15, -0.1) is 5.10 Å². The molecule has 1 heterocycles. The average molecular weight is 465 g/mol. The van der Waals surface area contributed by atoms with E-state index < -0.39 is 0 Å². The van der Waals surface area contributed by atoms with Gasteiger partial charge in [0.25, 0.3) is 0 Å². The first kappa shape index (κ1) is 17.8. The van der Waals surface area contributed by atoms with Crippen molar-refractivity contribution in [3.63, 3.8) is 0 Å². The van der Waals surface area contributed by atoms with E-state index in [0.717, 1.165) is 12.0 Å². The second-order valence-electron chi connectivity index (χ2n) is 5.50. The van der Waals surface area contributed by atoms with Crippen LogP contribution in [0.2, 0.25) is 0 Å². The van der Waals surface area contributed by atoms with E-state index in [1.807, 2.05) is 0 Å². The van der Waals surface area contributed by atoms with Gasteiger partial charge in [0, 0.05) is 12.0 Å². The summed E-state index contributed by atoms with van der Waals surface area (Å²) >= 11 is 6.59. The maximum absolute atomic E-state index is 9.76. The van der Waals surface area contributed by atoms with Gasteiger partial charge in [-0.05, 0) is 56.5 Å². The van der Waals surface area contributed by atoms with Crippen LogP contribution in [-0.4, -0.2) is 26.9 Å². The van der Waals surface area contributed by atoms with Crippen molar-refractivity contribution in [1.29, 1.82) is 0 Å². The Labute approximate surface area is 162 Å². The van der Waals surface area contributed by atoms with Gasteiger partial charge in [0.2, 0.25) is 0 Å². The number of nitrogens with zero attached hydrogens (tertiary/aromatic N) is 3. The zero-order chi connectivity index (χ0) is 17.8. The number of benzene rings is 2. The van der Waals surface area contributed by atoms with Crippen LogP contribution in [0.4, 0.5) is 0 Å². The monoisotopic (exact) mass is 463 g/mol. The van der Waals surface area contributed by atoms with Gasteiger partial charge in [0.05, 0.1) is 21.7 Å². The van der Waals surface area contributed by atoms with Crippen LogP contribution in [0.1, 0.15) is 11.1 Å². The van der Waals surface area contributed by atoms with Gasteiger partial charge in [-0.2, -0.15) is 0 Å². The van der Waals surface area contributed by atoms with Gasteiger partial charge in [-0.1, -0.05) is 34.9 Å². The predicted molar refractivity (Wildman–Crippen MR) is 103 cm³/mol. The highest BCUT2D eigenvalue weighted by Crippen LogP contribution is 2.36. The molecule has 0 bridgehead atoms. The summed E-state index contributed by atoms with van der Waals surface area (Å²) in [5, 5.41) is 17.9. The number of hydrogen-bond donors (Lipinski definition) is 1. The Morgan fingerprint density at radius 1 is 1.04 bits per heavy atom. The summed E-state index contributed by atoms with van der Waals surface area (Å²) in [7, 11) is 0.